The second-order valence-corrected chi connectivity index (χ2v) is 12.4. The van der Waals surface area contributed by atoms with E-state index in [4.69, 9.17) is 46.3 Å². The highest BCUT2D eigenvalue weighted by atomic mass is 32.5. The van der Waals surface area contributed by atoms with Crippen LogP contribution in [-0.2, 0) is 34.9 Å². The van der Waals surface area contributed by atoms with Crippen LogP contribution in [0, 0.1) is 0 Å². The van der Waals surface area contributed by atoms with E-state index in [0.29, 0.717) is 12.8 Å². The van der Waals surface area contributed by atoms with E-state index in [-0.39, 0.29) is 47.3 Å². The first-order valence-corrected chi connectivity index (χ1v) is 15.3. The number of hydrogen-bond acceptors (Lipinski definition) is 14. The monoisotopic (exact) mass is 630 g/mol. The van der Waals surface area contributed by atoms with E-state index >= 15 is 4.39 Å². The maximum atomic E-state index is 15.8. The molecular formula is C20H25FN10O7P2S. The number of nitrogen functional groups attached to an aromatic ring is 2. The quantitative estimate of drug-likeness (QED) is 0.184. The molecule has 17 nitrogen and oxygen atoms in total. The van der Waals surface area contributed by atoms with Crippen molar-refractivity contribution in [2.45, 2.75) is 49.8 Å². The van der Waals surface area contributed by atoms with Gasteiger partial charge in [0.1, 0.15) is 30.3 Å². The summed E-state index contributed by atoms with van der Waals surface area (Å²) in [6.07, 6.45) is -1.25. The third-order valence-electron chi connectivity index (χ3n) is 6.71. The summed E-state index contributed by atoms with van der Waals surface area (Å²) in [6.45, 7) is -4.19. The summed E-state index contributed by atoms with van der Waals surface area (Å²) in [5.74, 6) is 0.0826. The van der Waals surface area contributed by atoms with Gasteiger partial charge in [-0.15, -0.1) is 0 Å². The maximum absolute atomic E-state index is 15.8. The Bertz CT molecular complexity index is 1690. The van der Waals surface area contributed by atoms with Crippen LogP contribution in [0.15, 0.2) is 23.8 Å². The number of imidazole rings is 2. The van der Waals surface area contributed by atoms with Crippen molar-refractivity contribution < 1.29 is 32.3 Å². The predicted molar refractivity (Wildman–Crippen MR) is 147 cm³/mol. The Morgan fingerprint density at radius 3 is 2.73 bits per heavy atom. The molecule has 2 aliphatic heterocycles. The van der Waals surface area contributed by atoms with Gasteiger partial charge in [0.25, 0.3) is 5.56 Å². The highest BCUT2D eigenvalue weighted by Crippen LogP contribution is 2.50. The molecule has 0 spiro atoms. The van der Waals surface area contributed by atoms with Crippen molar-refractivity contribution in [2.75, 3.05) is 24.7 Å². The number of ether oxygens (including phenoxy) is 2. The van der Waals surface area contributed by atoms with E-state index in [0.717, 1.165) is 0 Å². The number of rotatable bonds is 9. The Morgan fingerprint density at radius 2 is 1.93 bits per heavy atom. The minimum Gasteiger partial charge on any atom is -0.382 e. The van der Waals surface area contributed by atoms with Crippen LogP contribution in [-0.4, -0.2) is 81.6 Å². The molecule has 21 heteroatoms. The Hall–Kier alpha value is -2.73. The van der Waals surface area contributed by atoms with Gasteiger partial charge in [-0.3, -0.25) is 23.4 Å². The molecule has 8 atom stereocenters. The van der Waals surface area contributed by atoms with Gasteiger partial charge in [-0.1, -0.05) is 0 Å². The molecular weight excluding hydrogens is 605 g/mol. The van der Waals surface area contributed by atoms with Crippen LogP contribution in [0.3, 0.4) is 0 Å². The first-order chi connectivity index (χ1) is 19.6. The molecule has 4 aromatic rings. The highest BCUT2D eigenvalue weighted by molar-refractivity contribution is 8.07. The number of aromatic amines is 1. The topological polar surface area (TPSA) is 226 Å². The Morgan fingerprint density at radius 1 is 1.15 bits per heavy atom. The minimum absolute atomic E-state index is 0.0476. The number of hydrogen-bond donors (Lipinski definition) is 4. The van der Waals surface area contributed by atoms with E-state index in [1.54, 1.807) is 4.57 Å². The summed E-state index contributed by atoms with van der Waals surface area (Å²) in [4.78, 5) is 45.7. The second kappa shape index (κ2) is 11.2. The predicted octanol–water partition coefficient (Wildman–Crippen LogP) is 0.462. The van der Waals surface area contributed by atoms with Gasteiger partial charge in [0.2, 0.25) is 5.95 Å². The van der Waals surface area contributed by atoms with Crippen LogP contribution in [0.4, 0.5) is 16.2 Å². The number of nitrogens with two attached hydrogens (primary N) is 2. The zero-order valence-corrected chi connectivity index (χ0v) is 23.9. The van der Waals surface area contributed by atoms with Gasteiger partial charge in [-0.05, 0) is 24.6 Å². The number of aromatic nitrogens is 8. The molecule has 4 aromatic heterocycles. The van der Waals surface area contributed by atoms with Crippen LogP contribution in [0.5, 0.6) is 0 Å². The molecule has 6 heterocycles. The molecule has 2 saturated heterocycles. The summed E-state index contributed by atoms with van der Waals surface area (Å²) < 4.78 is 46.9. The fourth-order valence-corrected chi connectivity index (χ4v) is 6.50. The van der Waals surface area contributed by atoms with Crippen LogP contribution in [0.2, 0.25) is 0 Å². The van der Waals surface area contributed by atoms with Crippen molar-refractivity contribution in [1.29, 1.82) is 0 Å². The molecule has 0 aliphatic carbocycles. The molecule has 0 saturated carbocycles. The maximum Gasteiger partial charge on any atom is 0.325 e. The van der Waals surface area contributed by atoms with Gasteiger partial charge in [0.05, 0.1) is 32.0 Å². The molecule has 6 N–H and O–H groups in total. The van der Waals surface area contributed by atoms with Gasteiger partial charge in [-0.25, -0.2) is 24.3 Å². The van der Waals surface area contributed by atoms with Gasteiger partial charge >= 0.3 is 6.72 Å². The van der Waals surface area contributed by atoms with Crippen molar-refractivity contribution in [2.24, 2.45) is 0 Å². The third-order valence-corrected chi connectivity index (χ3v) is 8.47. The first-order valence-electron chi connectivity index (χ1n) is 12.2. The van der Waals surface area contributed by atoms with E-state index in [9.17, 15) is 9.69 Å². The van der Waals surface area contributed by atoms with Crippen molar-refractivity contribution in [1.82, 2.24) is 39.0 Å². The summed E-state index contributed by atoms with van der Waals surface area (Å²) in [7, 11) is 2.05. The number of halogens is 1. The molecule has 0 amide bonds. The third kappa shape index (κ3) is 5.45. The van der Waals surface area contributed by atoms with E-state index in [2.05, 4.69) is 39.4 Å². The van der Waals surface area contributed by atoms with Crippen molar-refractivity contribution >= 4 is 62.1 Å². The van der Waals surface area contributed by atoms with E-state index in [1.807, 2.05) is 0 Å². The zero-order chi connectivity index (χ0) is 28.9. The fourth-order valence-electron chi connectivity index (χ4n) is 4.86. The summed E-state index contributed by atoms with van der Waals surface area (Å²) in [5.41, 5.74) is 12.0. The van der Waals surface area contributed by atoms with Crippen LogP contribution >= 0.6 is 16.2 Å². The number of nitrogens with one attached hydrogen (secondary N) is 1. The van der Waals surface area contributed by atoms with E-state index < -0.39 is 49.2 Å². The van der Waals surface area contributed by atoms with Crippen LogP contribution in [0.25, 0.3) is 22.3 Å². The Labute approximate surface area is 237 Å². The molecule has 0 aromatic carbocycles. The number of H-pyrrole nitrogens is 1. The summed E-state index contributed by atoms with van der Waals surface area (Å²) in [6, 6.07) is 0. The molecule has 0 bridgehead atoms. The molecule has 2 fully saturated rings. The highest BCUT2D eigenvalue weighted by Gasteiger charge is 2.50. The Balaban J connectivity index is 1.11. The number of alkyl halides is 1. The summed E-state index contributed by atoms with van der Waals surface area (Å²) in [5, 5.41) is 0. The largest absolute Gasteiger partial charge is 0.382 e. The molecule has 2 unspecified atom stereocenters. The smallest absolute Gasteiger partial charge is 0.325 e. The lowest BCUT2D eigenvalue weighted by molar-refractivity contribution is -0.0401. The lowest BCUT2D eigenvalue weighted by atomic mass is 10.1. The second-order valence-electron chi connectivity index (χ2n) is 9.33. The lowest BCUT2D eigenvalue weighted by Crippen LogP contribution is -2.33. The standard InChI is InChI=1S/C20H25FN10O7P2S/c21-11-14(9(4-34-39)37-19(11)31-7-26-12-15(22)24-5-25-16(12)31)38-40(33,41)35-3-8-1-2-10(36-8)30-6-27-13-17(30)28-20(23)29-18(13)32/h5-11,14,19H,1-4,39H2,(H,33,41)(H2,22,24,25)(H3,23,28,29,32)/t8-,9+,10+,11+,14+,19+,40?/m0/s1. The van der Waals surface area contributed by atoms with Gasteiger partial charge in [-0.2, -0.15) is 4.98 Å². The molecule has 41 heavy (non-hydrogen) atoms. The molecule has 0 radical (unpaired) electrons. The first kappa shape index (κ1) is 28.4. The SMILES string of the molecule is Nc1nc2c(ncn2[C@H]2CC[C@@H](COP(O)(=S)O[C@H]3[C@@H](F)[C@H](n4cnc5c(N)ncnc54)O[C@@H]3COP)O2)c(=O)[nH]1. The molecule has 6 rings (SSSR count). The molecule has 2 aliphatic rings. The number of fused-ring (bicyclic) bond motifs is 2. The molecule has 220 valence electrons. The summed E-state index contributed by atoms with van der Waals surface area (Å²) >= 11 is 5.20. The van der Waals surface area contributed by atoms with Gasteiger partial charge in [0, 0.05) is 9.47 Å². The van der Waals surface area contributed by atoms with Crippen molar-refractivity contribution in [3.63, 3.8) is 0 Å². The van der Waals surface area contributed by atoms with Crippen molar-refractivity contribution in [3.8, 4) is 0 Å². The zero-order valence-electron chi connectivity index (χ0n) is 21.0. The normalized spacial score (nSPS) is 28.1. The van der Waals surface area contributed by atoms with Crippen molar-refractivity contribution in [3.05, 3.63) is 29.3 Å². The van der Waals surface area contributed by atoms with E-state index in [1.165, 1.54) is 23.5 Å². The fraction of sp³-hybridized carbons (Fsp3) is 0.500. The van der Waals surface area contributed by atoms with Gasteiger partial charge < -0.3 is 34.9 Å². The van der Waals surface area contributed by atoms with Crippen LogP contribution in [0.1, 0.15) is 25.3 Å². The average molecular weight is 630 g/mol. The number of anilines is 2. The lowest BCUT2D eigenvalue weighted by Gasteiger charge is -2.25. The number of nitrogens with zero attached hydrogens (tertiary/aromatic N) is 7. The Kier molecular flexibility index (Phi) is 7.73. The average Bonchev–Trinajstić information content (AvgIpc) is 3.71. The van der Waals surface area contributed by atoms with Gasteiger partial charge in [0.15, 0.2) is 35.0 Å². The minimum atomic E-state index is -3.98. The van der Waals surface area contributed by atoms with Crippen LogP contribution < -0.4 is 17.0 Å².